The monoisotopic (exact) mass is 380 g/mol. The average Bonchev–Trinajstić information content (AvgIpc) is 3.18. The van der Waals surface area contributed by atoms with Gasteiger partial charge in [-0.25, -0.2) is 9.97 Å². The third kappa shape index (κ3) is 2.78. The number of benzene rings is 2. The predicted molar refractivity (Wildman–Crippen MR) is 109 cm³/mol. The van der Waals surface area contributed by atoms with Gasteiger partial charge in [0.1, 0.15) is 22.8 Å². The first-order valence-corrected chi connectivity index (χ1v) is 10.0. The maximum Gasteiger partial charge on any atom is 0.181 e. The third-order valence-corrected chi connectivity index (χ3v) is 5.64. The van der Waals surface area contributed by atoms with Crippen LogP contribution in [0.4, 0.5) is 5.13 Å². The van der Waals surface area contributed by atoms with Crippen LogP contribution in [0.15, 0.2) is 30.3 Å². The lowest BCUT2D eigenvalue weighted by molar-refractivity contribution is 0.294. The van der Waals surface area contributed by atoms with E-state index in [1.165, 1.54) is 11.3 Å². The van der Waals surface area contributed by atoms with Gasteiger partial charge in [-0.1, -0.05) is 11.3 Å². The van der Waals surface area contributed by atoms with E-state index in [0.717, 1.165) is 70.1 Å². The quantitative estimate of drug-likeness (QED) is 0.568. The Morgan fingerprint density at radius 2 is 2.11 bits per heavy atom. The molecule has 0 saturated heterocycles. The van der Waals surface area contributed by atoms with Gasteiger partial charge in [0.05, 0.1) is 28.9 Å². The van der Waals surface area contributed by atoms with Crippen LogP contribution < -0.4 is 15.2 Å². The number of ether oxygens (including phenoxy) is 2. The largest absolute Gasteiger partial charge is 0.494 e. The summed E-state index contributed by atoms with van der Waals surface area (Å²) in [6, 6.07) is 10.2. The molecule has 0 unspecified atom stereocenters. The van der Waals surface area contributed by atoms with Gasteiger partial charge in [0.25, 0.3) is 0 Å². The van der Waals surface area contributed by atoms with Crippen molar-refractivity contribution in [2.75, 3.05) is 18.9 Å². The fraction of sp³-hybridized carbons (Fsp3) is 0.300. The minimum Gasteiger partial charge on any atom is -0.494 e. The lowest BCUT2D eigenvalue weighted by Gasteiger charge is -2.17. The second kappa shape index (κ2) is 6.42. The topological polar surface area (TPSA) is 75.2 Å². The summed E-state index contributed by atoms with van der Waals surface area (Å²) in [6.07, 6.45) is 2.07. The van der Waals surface area contributed by atoms with Crippen molar-refractivity contribution in [3.05, 3.63) is 30.3 Å². The fourth-order valence-electron chi connectivity index (χ4n) is 3.64. The molecule has 1 aliphatic heterocycles. The van der Waals surface area contributed by atoms with E-state index in [0.29, 0.717) is 11.7 Å². The summed E-state index contributed by atoms with van der Waals surface area (Å²) in [7, 11) is 0. The molecule has 2 aromatic carbocycles. The molecule has 0 atom stereocenters. The predicted octanol–water partition coefficient (Wildman–Crippen LogP) is 4.47. The van der Waals surface area contributed by atoms with Gasteiger partial charge >= 0.3 is 0 Å². The van der Waals surface area contributed by atoms with E-state index >= 15 is 0 Å². The smallest absolute Gasteiger partial charge is 0.181 e. The Kier molecular flexibility index (Phi) is 3.89. The molecule has 0 radical (unpaired) electrons. The Hall–Kier alpha value is -2.80. The number of imidazole rings is 1. The Morgan fingerprint density at radius 3 is 3.00 bits per heavy atom. The van der Waals surface area contributed by atoms with E-state index < -0.39 is 0 Å². The van der Waals surface area contributed by atoms with Gasteiger partial charge in [-0.05, 0) is 38.0 Å². The molecule has 3 heterocycles. The number of rotatable bonds is 3. The van der Waals surface area contributed by atoms with Crippen molar-refractivity contribution in [2.24, 2.45) is 0 Å². The van der Waals surface area contributed by atoms with Crippen LogP contribution in [-0.2, 0) is 6.54 Å². The van der Waals surface area contributed by atoms with Crippen LogP contribution in [0.3, 0.4) is 0 Å². The maximum absolute atomic E-state index is 6.04. The zero-order chi connectivity index (χ0) is 18.4. The van der Waals surface area contributed by atoms with Crippen molar-refractivity contribution in [2.45, 2.75) is 26.3 Å². The summed E-state index contributed by atoms with van der Waals surface area (Å²) in [4.78, 5) is 9.30. The zero-order valence-electron chi connectivity index (χ0n) is 15.1. The number of aryl methyl sites for hydroxylation is 1. The Morgan fingerprint density at radius 1 is 1.19 bits per heavy atom. The van der Waals surface area contributed by atoms with Crippen LogP contribution in [0.2, 0.25) is 0 Å². The standard InChI is InChI=1S/C20H20N4O2S/c1-2-25-13-10-15-18-16(11-13)26-8-4-3-7-24(18)19(22-15)12-5-6-14-17(9-12)27-20(21)23-14/h5-6,9-11H,2-4,7-8H2,1H3,(H2,21,23). The highest BCUT2D eigenvalue weighted by atomic mass is 32.1. The van der Waals surface area contributed by atoms with Gasteiger partial charge in [-0.3, -0.25) is 0 Å². The van der Waals surface area contributed by atoms with Gasteiger partial charge in [0.15, 0.2) is 5.13 Å². The molecule has 7 heteroatoms. The van der Waals surface area contributed by atoms with Crippen molar-refractivity contribution in [3.8, 4) is 22.9 Å². The molecular formula is C20H20N4O2S. The Bertz CT molecular complexity index is 1150. The highest BCUT2D eigenvalue weighted by Gasteiger charge is 2.20. The highest BCUT2D eigenvalue weighted by Crippen LogP contribution is 2.37. The number of nitrogen functional groups attached to an aromatic ring is 1. The number of anilines is 1. The number of nitrogens with zero attached hydrogens (tertiary/aromatic N) is 3. The number of hydrogen-bond donors (Lipinski definition) is 1. The summed E-state index contributed by atoms with van der Waals surface area (Å²) in [5, 5.41) is 0.585. The summed E-state index contributed by atoms with van der Waals surface area (Å²) in [5.74, 6) is 2.58. The maximum atomic E-state index is 6.04. The molecule has 138 valence electrons. The summed E-state index contributed by atoms with van der Waals surface area (Å²) in [5.41, 5.74) is 9.79. The van der Waals surface area contributed by atoms with Crippen molar-refractivity contribution in [1.82, 2.24) is 14.5 Å². The highest BCUT2D eigenvalue weighted by molar-refractivity contribution is 7.22. The van der Waals surface area contributed by atoms with E-state index in [4.69, 9.17) is 20.2 Å². The van der Waals surface area contributed by atoms with Crippen LogP contribution in [0.1, 0.15) is 19.8 Å². The summed E-state index contributed by atoms with van der Waals surface area (Å²) in [6.45, 7) is 4.23. The number of nitrogens with two attached hydrogens (primary N) is 1. The fourth-order valence-corrected chi connectivity index (χ4v) is 4.41. The molecule has 4 aromatic rings. The molecule has 6 nitrogen and oxygen atoms in total. The molecule has 0 bridgehead atoms. The Labute approximate surface area is 160 Å². The van der Waals surface area contributed by atoms with Crippen molar-refractivity contribution < 1.29 is 9.47 Å². The number of aromatic nitrogens is 3. The third-order valence-electron chi connectivity index (χ3n) is 4.79. The van der Waals surface area contributed by atoms with Crippen molar-refractivity contribution in [1.29, 1.82) is 0 Å². The molecule has 2 aromatic heterocycles. The van der Waals surface area contributed by atoms with Crippen LogP contribution >= 0.6 is 11.3 Å². The molecule has 0 amide bonds. The van der Waals surface area contributed by atoms with Gasteiger partial charge in [0.2, 0.25) is 0 Å². The van der Waals surface area contributed by atoms with Gasteiger partial charge in [-0.2, -0.15) is 0 Å². The molecule has 5 rings (SSSR count). The number of thiazole rings is 1. The minimum atomic E-state index is 0.585. The normalized spacial score (nSPS) is 14.1. The lowest BCUT2D eigenvalue weighted by atomic mass is 10.2. The molecule has 1 aliphatic rings. The van der Waals surface area contributed by atoms with E-state index in [2.05, 4.69) is 21.7 Å². The van der Waals surface area contributed by atoms with E-state index in [-0.39, 0.29) is 0 Å². The first-order valence-electron chi connectivity index (χ1n) is 9.19. The van der Waals surface area contributed by atoms with Crippen LogP contribution in [0.5, 0.6) is 11.5 Å². The van der Waals surface area contributed by atoms with E-state index in [9.17, 15) is 0 Å². The molecule has 27 heavy (non-hydrogen) atoms. The molecule has 2 N–H and O–H groups in total. The molecular weight excluding hydrogens is 360 g/mol. The van der Waals surface area contributed by atoms with Crippen molar-refractivity contribution in [3.63, 3.8) is 0 Å². The van der Waals surface area contributed by atoms with Gasteiger partial charge < -0.3 is 19.8 Å². The van der Waals surface area contributed by atoms with Crippen molar-refractivity contribution >= 4 is 37.7 Å². The minimum absolute atomic E-state index is 0.585. The Balaban J connectivity index is 1.74. The van der Waals surface area contributed by atoms with E-state index in [1.54, 1.807) is 0 Å². The summed E-state index contributed by atoms with van der Waals surface area (Å²) >= 11 is 1.50. The number of hydrogen-bond acceptors (Lipinski definition) is 6. The molecule has 0 aliphatic carbocycles. The first kappa shape index (κ1) is 16.4. The second-order valence-electron chi connectivity index (χ2n) is 6.60. The van der Waals surface area contributed by atoms with E-state index in [1.807, 2.05) is 25.1 Å². The summed E-state index contributed by atoms with van der Waals surface area (Å²) < 4.78 is 15.1. The van der Waals surface area contributed by atoms with Gasteiger partial charge in [-0.15, -0.1) is 0 Å². The van der Waals surface area contributed by atoms with Crippen LogP contribution in [0.25, 0.3) is 32.6 Å². The number of fused-ring (bicyclic) bond motifs is 1. The first-order chi connectivity index (χ1) is 13.2. The molecule has 0 saturated carbocycles. The van der Waals surface area contributed by atoms with Gasteiger partial charge in [0, 0.05) is 24.2 Å². The lowest BCUT2D eigenvalue weighted by Crippen LogP contribution is -2.09. The zero-order valence-corrected chi connectivity index (χ0v) is 15.9. The average molecular weight is 380 g/mol. The van der Waals surface area contributed by atoms with Crippen LogP contribution in [0, 0.1) is 0 Å². The SMILES string of the molecule is CCOc1cc2c3c(c1)nc(-c1ccc4nc(N)sc4c1)n3CCCCO2. The molecule has 0 spiro atoms. The second-order valence-corrected chi connectivity index (χ2v) is 7.66. The molecule has 0 fully saturated rings. The van der Waals surface area contributed by atoms with Crippen LogP contribution in [-0.4, -0.2) is 27.7 Å².